The average molecular weight is 282 g/mol. The minimum absolute atomic E-state index is 0.160. The van der Waals surface area contributed by atoms with Crippen LogP contribution in [-0.2, 0) is 10.0 Å². The van der Waals surface area contributed by atoms with Gasteiger partial charge in [0.1, 0.15) is 0 Å². The number of nitrogens with two attached hydrogens (primary N) is 1. The molecule has 106 valence electrons. The van der Waals surface area contributed by atoms with Crippen LogP contribution in [0.5, 0.6) is 0 Å². The molecule has 0 aliphatic heterocycles. The van der Waals surface area contributed by atoms with E-state index in [1.54, 1.807) is 24.3 Å². The average Bonchev–Trinajstić information content (AvgIpc) is 2.39. The second-order valence-corrected chi connectivity index (χ2v) is 6.90. The van der Waals surface area contributed by atoms with Crippen molar-refractivity contribution in [2.45, 2.75) is 50.0 Å². The van der Waals surface area contributed by atoms with Gasteiger partial charge >= 0.3 is 0 Å². The molecule has 0 aromatic heterocycles. The van der Waals surface area contributed by atoms with E-state index in [4.69, 9.17) is 5.14 Å². The van der Waals surface area contributed by atoms with Crippen molar-refractivity contribution in [3.8, 4) is 0 Å². The molecule has 0 heterocycles. The summed E-state index contributed by atoms with van der Waals surface area (Å²) in [6.45, 7) is 2.25. The van der Waals surface area contributed by atoms with E-state index in [1.165, 1.54) is 32.1 Å². The molecule has 0 radical (unpaired) electrons. The minimum atomic E-state index is -3.59. The number of nitrogens with one attached hydrogen (secondary N) is 1. The monoisotopic (exact) mass is 282 g/mol. The molecule has 2 rings (SSSR count). The first-order valence-corrected chi connectivity index (χ1v) is 8.43. The van der Waals surface area contributed by atoms with Crippen LogP contribution in [0.2, 0.25) is 0 Å². The van der Waals surface area contributed by atoms with Crippen LogP contribution in [0.3, 0.4) is 0 Å². The quantitative estimate of drug-likeness (QED) is 0.892. The molecule has 0 saturated heterocycles. The van der Waals surface area contributed by atoms with Gasteiger partial charge in [0.2, 0.25) is 10.0 Å². The van der Waals surface area contributed by atoms with Crippen LogP contribution < -0.4 is 10.5 Å². The molecule has 0 unspecified atom stereocenters. The molecule has 1 aliphatic carbocycles. The first-order valence-electron chi connectivity index (χ1n) is 6.88. The maximum Gasteiger partial charge on any atom is 0.238 e. The first-order chi connectivity index (χ1) is 8.99. The highest BCUT2D eigenvalue weighted by Gasteiger charge is 2.19. The van der Waals surface area contributed by atoms with E-state index in [0.717, 1.165) is 11.6 Å². The summed E-state index contributed by atoms with van der Waals surface area (Å²) in [5.74, 6) is 0.878. The van der Waals surface area contributed by atoms with E-state index in [2.05, 4.69) is 12.2 Å². The summed E-state index contributed by atoms with van der Waals surface area (Å²) in [6, 6.07) is 7.17. The number of hydrogen-bond donors (Lipinski definition) is 2. The molecule has 0 amide bonds. The second kappa shape index (κ2) is 5.92. The third-order valence-electron chi connectivity index (χ3n) is 3.98. The van der Waals surface area contributed by atoms with Crippen molar-refractivity contribution in [2.75, 3.05) is 5.32 Å². The molecule has 0 atom stereocenters. The normalized spacial score (nSPS) is 24.1. The lowest BCUT2D eigenvalue weighted by Gasteiger charge is -2.29. The SMILES string of the molecule is CCC1CCC(Nc2ccc(S(N)(=O)=O)cc2)CC1. The van der Waals surface area contributed by atoms with Gasteiger partial charge < -0.3 is 5.32 Å². The van der Waals surface area contributed by atoms with Gasteiger partial charge in [0.15, 0.2) is 0 Å². The molecule has 1 saturated carbocycles. The van der Waals surface area contributed by atoms with Crippen LogP contribution in [-0.4, -0.2) is 14.5 Å². The Morgan fingerprint density at radius 1 is 1.16 bits per heavy atom. The molecular weight excluding hydrogens is 260 g/mol. The van der Waals surface area contributed by atoms with Gasteiger partial charge in [-0.1, -0.05) is 13.3 Å². The molecule has 1 aromatic rings. The molecule has 1 aliphatic rings. The van der Waals surface area contributed by atoms with Gasteiger partial charge in [-0.25, -0.2) is 13.6 Å². The van der Waals surface area contributed by atoms with E-state index < -0.39 is 10.0 Å². The lowest BCUT2D eigenvalue weighted by atomic mass is 9.84. The number of rotatable bonds is 4. The number of anilines is 1. The summed E-state index contributed by atoms with van der Waals surface area (Å²) in [7, 11) is -3.59. The Labute approximate surface area is 115 Å². The summed E-state index contributed by atoms with van der Waals surface area (Å²) in [5, 5.41) is 8.54. The fourth-order valence-electron chi connectivity index (χ4n) is 2.69. The zero-order chi connectivity index (χ0) is 13.9. The highest BCUT2D eigenvalue weighted by molar-refractivity contribution is 7.89. The standard InChI is InChI=1S/C14H22N2O2S/c1-2-11-3-5-12(6-4-11)16-13-7-9-14(10-8-13)19(15,17)18/h7-12,16H,2-6H2,1H3,(H2,15,17,18). The molecule has 5 heteroatoms. The Kier molecular flexibility index (Phi) is 4.47. The van der Waals surface area contributed by atoms with Crippen LogP contribution in [0.25, 0.3) is 0 Å². The fourth-order valence-corrected chi connectivity index (χ4v) is 3.21. The molecular formula is C14H22N2O2S. The van der Waals surface area contributed by atoms with E-state index in [1.807, 2.05) is 0 Å². The van der Waals surface area contributed by atoms with Crippen LogP contribution in [0.15, 0.2) is 29.2 Å². The molecule has 0 bridgehead atoms. The zero-order valence-corrected chi connectivity index (χ0v) is 12.1. The Morgan fingerprint density at radius 2 is 1.74 bits per heavy atom. The number of benzene rings is 1. The Hall–Kier alpha value is -1.07. The van der Waals surface area contributed by atoms with E-state index >= 15 is 0 Å². The lowest BCUT2D eigenvalue weighted by molar-refractivity contribution is 0.330. The van der Waals surface area contributed by atoms with Crippen molar-refractivity contribution in [1.29, 1.82) is 0 Å². The maximum absolute atomic E-state index is 11.2. The van der Waals surface area contributed by atoms with Gasteiger partial charge in [0.25, 0.3) is 0 Å². The largest absolute Gasteiger partial charge is 0.382 e. The smallest absolute Gasteiger partial charge is 0.238 e. The number of primary sulfonamides is 1. The summed E-state index contributed by atoms with van der Waals surface area (Å²) in [4.78, 5) is 0.160. The molecule has 1 fully saturated rings. The predicted octanol–water partition coefficient (Wildman–Crippen LogP) is 2.71. The van der Waals surface area contributed by atoms with Crippen LogP contribution >= 0.6 is 0 Å². The van der Waals surface area contributed by atoms with Gasteiger partial charge in [-0.3, -0.25) is 0 Å². The van der Waals surface area contributed by atoms with Gasteiger partial charge in [-0.05, 0) is 55.9 Å². The van der Waals surface area contributed by atoms with Crippen molar-refractivity contribution >= 4 is 15.7 Å². The molecule has 19 heavy (non-hydrogen) atoms. The highest BCUT2D eigenvalue weighted by atomic mass is 32.2. The molecule has 0 spiro atoms. The van der Waals surface area contributed by atoms with Crippen molar-refractivity contribution in [1.82, 2.24) is 0 Å². The molecule has 3 N–H and O–H groups in total. The first kappa shape index (κ1) is 14.3. The number of hydrogen-bond acceptors (Lipinski definition) is 3. The molecule has 1 aromatic carbocycles. The van der Waals surface area contributed by atoms with E-state index in [0.29, 0.717) is 6.04 Å². The van der Waals surface area contributed by atoms with Crippen LogP contribution in [0, 0.1) is 5.92 Å². The Balaban J connectivity index is 1.94. The summed E-state index contributed by atoms with van der Waals surface area (Å²) in [5.41, 5.74) is 0.965. The van der Waals surface area contributed by atoms with E-state index in [9.17, 15) is 8.42 Å². The summed E-state index contributed by atoms with van der Waals surface area (Å²) >= 11 is 0. The van der Waals surface area contributed by atoms with Gasteiger partial charge in [0.05, 0.1) is 4.90 Å². The third-order valence-corrected chi connectivity index (χ3v) is 4.91. The van der Waals surface area contributed by atoms with E-state index in [-0.39, 0.29) is 4.90 Å². The Morgan fingerprint density at radius 3 is 2.21 bits per heavy atom. The van der Waals surface area contributed by atoms with Crippen molar-refractivity contribution < 1.29 is 8.42 Å². The minimum Gasteiger partial charge on any atom is -0.382 e. The topological polar surface area (TPSA) is 72.2 Å². The van der Waals surface area contributed by atoms with Crippen LogP contribution in [0.4, 0.5) is 5.69 Å². The highest BCUT2D eigenvalue weighted by Crippen LogP contribution is 2.28. The molecule has 4 nitrogen and oxygen atoms in total. The summed E-state index contributed by atoms with van der Waals surface area (Å²) in [6.07, 6.45) is 6.22. The van der Waals surface area contributed by atoms with Crippen molar-refractivity contribution in [3.63, 3.8) is 0 Å². The van der Waals surface area contributed by atoms with Crippen molar-refractivity contribution in [3.05, 3.63) is 24.3 Å². The predicted molar refractivity (Wildman–Crippen MR) is 77.5 cm³/mol. The van der Waals surface area contributed by atoms with Gasteiger partial charge in [0, 0.05) is 11.7 Å². The van der Waals surface area contributed by atoms with Gasteiger partial charge in [-0.15, -0.1) is 0 Å². The van der Waals surface area contributed by atoms with Crippen molar-refractivity contribution in [2.24, 2.45) is 11.1 Å². The summed E-state index contributed by atoms with van der Waals surface area (Å²) < 4.78 is 22.3. The Bertz CT molecular complexity index is 503. The zero-order valence-electron chi connectivity index (χ0n) is 11.3. The number of sulfonamides is 1. The maximum atomic E-state index is 11.2. The van der Waals surface area contributed by atoms with Gasteiger partial charge in [-0.2, -0.15) is 0 Å². The lowest BCUT2D eigenvalue weighted by Crippen LogP contribution is -2.25. The second-order valence-electron chi connectivity index (χ2n) is 5.34. The van der Waals surface area contributed by atoms with Crippen LogP contribution in [0.1, 0.15) is 39.0 Å². The third kappa shape index (κ3) is 3.94. The fraction of sp³-hybridized carbons (Fsp3) is 0.571.